The van der Waals surface area contributed by atoms with Gasteiger partial charge in [0, 0.05) is 29.6 Å². The van der Waals surface area contributed by atoms with Gasteiger partial charge in [0.25, 0.3) is 0 Å². The minimum absolute atomic E-state index is 0.161. The van der Waals surface area contributed by atoms with E-state index in [4.69, 9.17) is 9.47 Å². The van der Waals surface area contributed by atoms with Gasteiger partial charge in [-0.2, -0.15) is 0 Å². The van der Waals surface area contributed by atoms with Crippen LogP contribution in [0.15, 0.2) is 54.6 Å². The van der Waals surface area contributed by atoms with Crippen molar-refractivity contribution >= 4 is 22.8 Å². The van der Waals surface area contributed by atoms with Crippen molar-refractivity contribution < 1.29 is 19.1 Å². The Labute approximate surface area is 175 Å². The molecule has 6 nitrogen and oxygen atoms in total. The quantitative estimate of drug-likeness (QED) is 0.631. The van der Waals surface area contributed by atoms with Crippen LogP contribution in [-0.4, -0.2) is 41.6 Å². The lowest BCUT2D eigenvalue weighted by molar-refractivity contribution is -0.152. The second-order valence-corrected chi connectivity index (χ2v) is 7.49. The third-order valence-corrected chi connectivity index (χ3v) is 5.72. The van der Waals surface area contributed by atoms with Crippen molar-refractivity contribution in [3.05, 3.63) is 71.4 Å². The van der Waals surface area contributed by atoms with E-state index < -0.39 is 6.04 Å². The molecule has 0 unspecified atom stereocenters. The Bertz CT molecular complexity index is 1040. The Balaban J connectivity index is 1.82. The highest BCUT2D eigenvalue weighted by Gasteiger charge is 2.41. The van der Waals surface area contributed by atoms with Gasteiger partial charge in [-0.1, -0.05) is 48.5 Å². The van der Waals surface area contributed by atoms with E-state index in [9.17, 15) is 9.59 Å². The molecule has 4 rings (SSSR count). The summed E-state index contributed by atoms with van der Waals surface area (Å²) in [6.45, 7) is 2.65. The second-order valence-electron chi connectivity index (χ2n) is 7.49. The summed E-state index contributed by atoms with van der Waals surface area (Å²) in [7, 11) is 1.41. The summed E-state index contributed by atoms with van der Waals surface area (Å²) in [6, 6.07) is 17.2. The minimum atomic E-state index is -0.485. The summed E-state index contributed by atoms with van der Waals surface area (Å²) in [5.41, 5.74) is 4.11. The number of nitrogens with zero attached hydrogens (tertiary/aromatic N) is 1. The number of hydrogen-bond acceptors (Lipinski definition) is 5. The van der Waals surface area contributed by atoms with E-state index in [0.717, 1.165) is 27.7 Å². The van der Waals surface area contributed by atoms with Crippen LogP contribution >= 0.6 is 0 Å². The number of H-pyrrole nitrogens is 1. The summed E-state index contributed by atoms with van der Waals surface area (Å²) in [5.74, 6) is -0.577. The number of carbonyl (C=O) groups is 2. The van der Waals surface area contributed by atoms with E-state index >= 15 is 0 Å². The number of ether oxygens (including phenoxy) is 2. The van der Waals surface area contributed by atoms with E-state index in [1.807, 2.05) is 54.6 Å². The molecular weight excluding hydrogens is 380 g/mol. The van der Waals surface area contributed by atoms with Gasteiger partial charge in [-0.3, -0.25) is 14.5 Å². The molecule has 0 spiro atoms. The maximum absolute atomic E-state index is 12.8. The predicted molar refractivity (Wildman–Crippen MR) is 114 cm³/mol. The first-order chi connectivity index (χ1) is 14.6. The van der Waals surface area contributed by atoms with Gasteiger partial charge in [0.15, 0.2) is 0 Å². The third-order valence-electron chi connectivity index (χ3n) is 5.72. The van der Waals surface area contributed by atoms with Crippen molar-refractivity contribution in [2.45, 2.75) is 38.4 Å². The van der Waals surface area contributed by atoms with E-state index in [1.165, 1.54) is 7.11 Å². The lowest BCUT2D eigenvalue weighted by Crippen LogP contribution is -2.48. The molecule has 0 aliphatic carbocycles. The number of fused-ring (bicyclic) bond motifs is 3. The molecule has 30 heavy (non-hydrogen) atoms. The number of esters is 2. The summed E-state index contributed by atoms with van der Waals surface area (Å²) in [4.78, 5) is 30.9. The fourth-order valence-corrected chi connectivity index (χ4v) is 4.39. The second kappa shape index (κ2) is 8.71. The topological polar surface area (TPSA) is 71.6 Å². The molecule has 1 aliphatic rings. The summed E-state index contributed by atoms with van der Waals surface area (Å²) < 4.78 is 10.4. The van der Waals surface area contributed by atoms with Crippen LogP contribution in [0, 0.1) is 0 Å². The van der Waals surface area contributed by atoms with Crippen molar-refractivity contribution in [3.8, 4) is 0 Å². The number of rotatable bonds is 6. The first kappa shape index (κ1) is 20.2. The summed E-state index contributed by atoms with van der Waals surface area (Å²) in [6.07, 6.45) is 0.687. The lowest BCUT2D eigenvalue weighted by atomic mass is 9.89. The number of aromatic nitrogens is 1. The number of para-hydroxylation sites is 1. The van der Waals surface area contributed by atoms with Gasteiger partial charge in [-0.15, -0.1) is 0 Å². The largest absolute Gasteiger partial charge is 0.468 e. The minimum Gasteiger partial charge on any atom is -0.468 e. The van der Waals surface area contributed by atoms with Crippen LogP contribution in [0.25, 0.3) is 10.9 Å². The molecule has 0 saturated heterocycles. The SMILES string of the molecule is CCOC(=O)C[C@@H]1c2[nH]c3ccccc3c2C[C@@H](C(=O)OC)N1Cc1ccccc1. The summed E-state index contributed by atoms with van der Waals surface area (Å²) in [5, 5.41) is 1.08. The maximum atomic E-state index is 12.8. The van der Waals surface area contributed by atoms with Crippen molar-refractivity contribution in [2.75, 3.05) is 13.7 Å². The average Bonchev–Trinajstić information content (AvgIpc) is 3.14. The molecule has 1 N–H and O–H groups in total. The number of nitrogens with one attached hydrogen (secondary N) is 1. The first-order valence-electron chi connectivity index (χ1n) is 10.2. The van der Waals surface area contributed by atoms with Crippen LogP contribution < -0.4 is 0 Å². The molecule has 1 aromatic heterocycles. The molecule has 1 aliphatic heterocycles. The number of benzene rings is 2. The summed E-state index contributed by atoms with van der Waals surface area (Å²) >= 11 is 0. The molecule has 2 aromatic carbocycles. The highest BCUT2D eigenvalue weighted by atomic mass is 16.5. The van der Waals surface area contributed by atoms with Crippen LogP contribution in [0.4, 0.5) is 0 Å². The smallest absolute Gasteiger partial charge is 0.323 e. The van der Waals surface area contributed by atoms with Crippen LogP contribution in [0.1, 0.15) is 36.2 Å². The van der Waals surface area contributed by atoms with E-state index in [-0.39, 0.29) is 24.4 Å². The van der Waals surface area contributed by atoms with Crippen molar-refractivity contribution in [1.29, 1.82) is 0 Å². The number of methoxy groups -OCH3 is 1. The van der Waals surface area contributed by atoms with Gasteiger partial charge < -0.3 is 14.5 Å². The standard InChI is InChI=1S/C24H26N2O4/c1-3-30-22(27)14-20-23-18(17-11-7-8-12-19(17)25-23)13-21(24(28)29-2)26(20)15-16-9-5-4-6-10-16/h4-12,20-21,25H,3,13-15H2,1-2H3/t20-,21+/m1/s1. The Morgan fingerprint density at radius 1 is 1.10 bits per heavy atom. The Hall–Kier alpha value is -3.12. The molecule has 0 amide bonds. The average molecular weight is 406 g/mol. The zero-order valence-corrected chi connectivity index (χ0v) is 17.3. The molecule has 0 saturated carbocycles. The Morgan fingerprint density at radius 2 is 1.83 bits per heavy atom. The van der Waals surface area contributed by atoms with Gasteiger partial charge in [0.2, 0.25) is 0 Å². The molecule has 3 aromatic rings. The fraction of sp³-hybridized carbons (Fsp3) is 0.333. The van der Waals surface area contributed by atoms with Gasteiger partial charge in [0.05, 0.1) is 26.2 Å². The lowest BCUT2D eigenvalue weighted by Gasteiger charge is -2.40. The molecule has 0 fully saturated rings. The van der Waals surface area contributed by atoms with Gasteiger partial charge in [-0.05, 0) is 24.1 Å². The van der Waals surface area contributed by atoms with E-state index in [1.54, 1.807) is 6.92 Å². The number of hydrogen-bond donors (Lipinski definition) is 1. The van der Waals surface area contributed by atoms with Crippen molar-refractivity contribution in [3.63, 3.8) is 0 Å². The number of carbonyl (C=O) groups excluding carboxylic acids is 2. The number of aromatic amines is 1. The zero-order chi connectivity index (χ0) is 21.1. The van der Waals surface area contributed by atoms with Crippen LogP contribution in [0.5, 0.6) is 0 Å². The zero-order valence-electron chi connectivity index (χ0n) is 17.3. The highest BCUT2D eigenvalue weighted by Crippen LogP contribution is 2.40. The monoisotopic (exact) mass is 406 g/mol. The van der Waals surface area contributed by atoms with E-state index in [0.29, 0.717) is 19.6 Å². The van der Waals surface area contributed by atoms with Crippen LogP contribution in [0.2, 0.25) is 0 Å². The molecule has 6 heteroatoms. The molecule has 2 atom stereocenters. The van der Waals surface area contributed by atoms with Crippen molar-refractivity contribution in [1.82, 2.24) is 9.88 Å². The van der Waals surface area contributed by atoms with Crippen molar-refractivity contribution in [2.24, 2.45) is 0 Å². The van der Waals surface area contributed by atoms with Gasteiger partial charge >= 0.3 is 11.9 Å². The van der Waals surface area contributed by atoms with Gasteiger partial charge in [-0.25, -0.2) is 0 Å². The van der Waals surface area contributed by atoms with Gasteiger partial charge in [0.1, 0.15) is 6.04 Å². The highest BCUT2D eigenvalue weighted by molar-refractivity contribution is 5.87. The van der Waals surface area contributed by atoms with E-state index in [2.05, 4.69) is 9.88 Å². The molecule has 2 heterocycles. The molecular formula is C24H26N2O4. The normalized spacial score (nSPS) is 18.7. The van der Waals surface area contributed by atoms with Crippen LogP contribution in [0.3, 0.4) is 0 Å². The third kappa shape index (κ3) is 3.83. The Morgan fingerprint density at radius 3 is 2.57 bits per heavy atom. The first-order valence-corrected chi connectivity index (χ1v) is 10.2. The predicted octanol–water partition coefficient (Wildman–Crippen LogP) is 3.76. The molecule has 156 valence electrons. The van der Waals surface area contributed by atoms with Crippen LogP contribution in [-0.2, 0) is 32.0 Å². The maximum Gasteiger partial charge on any atom is 0.323 e. The molecule has 0 radical (unpaired) electrons. The fourth-order valence-electron chi connectivity index (χ4n) is 4.39. The molecule has 0 bridgehead atoms. The Kier molecular flexibility index (Phi) is 5.86.